The molecule has 0 aliphatic carbocycles. The van der Waals surface area contributed by atoms with Gasteiger partial charge in [-0.05, 0) is 19.1 Å². The fourth-order valence-corrected chi connectivity index (χ4v) is 1.59. The third kappa shape index (κ3) is 3.75. The van der Waals surface area contributed by atoms with Gasteiger partial charge in [-0.15, -0.1) is 6.58 Å². The number of aliphatic hydroxyl groups excluding tert-OH is 1. The molecule has 0 aliphatic heterocycles. The van der Waals surface area contributed by atoms with Crippen LogP contribution in [-0.4, -0.2) is 23.7 Å². The molecule has 0 bridgehead atoms. The quantitative estimate of drug-likeness (QED) is 0.776. The van der Waals surface area contributed by atoms with Crippen LogP contribution in [0.25, 0.3) is 0 Å². The van der Waals surface area contributed by atoms with Gasteiger partial charge in [-0.3, -0.25) is 4.79 Å². The summed E-state index contributed by atoms with van der Waals surface area (Å²) in [6, 6.07) is 5.02. The summed E-state index contributed by atoms with van der Waals surface area (Å²) in [5, 5.41) is 12.3. The second-order valence-corrected chi connectivity index (χ2v) is 4.08. The first-order valence-electron chi connectivity index (χ1n) is 5.53. The Morgan fingerprint density at radius 3 is 3.00 bits per heavy atom. The van der Waals surface area contributed by atoms with Crippen LogP contribution in [0.15, 0.2) is 30.9 Å². The summed E-state index contributed by atoms with van der Waals surface area (Å²) in [6.07, 6.45) is 0.914. The van der Waals surface area contributed by atoms with Crippen LogP contribution in [0, 0.1) is 0 Å². The Morgan fingerprint density at radius 1 is 1.67 bits per heavy atom. The van der Waals surface area contributed by atoms with E-state index in [0.29, 0.717) is 22.9 Å². The first-order chi connectivity index (χ1) is 8.60. The Morgan fingerprint density at radius 2 is 2.39 bits per heavy atom. The zero-order chi connectivity index (χ0) is 13.5. The van der Waals surface area contributed by atoms with Gasteiger partial charge in [0.15, 0.2) is 6.10 Å². The number of halogens is 1. The lowest BCUT2D eigenvalue weighted by Gasteiger charge is -2.16. The fraction of sp³-hybridized carbons (Fsp3) is 0.308. The molecule has 1 atom stereocenters. The average Bonchev–Trinajstić information content (AvgIpc) is 2.36. The zero-order valence-electron chi connectivity index (χ0n) is 10.1. The number of hydrogen-bond donors (Lipinski definition) is 2. The van der Waals surface area contributed by atoms with E-state index in [4.69, 9.17) is 16.3 Å². The normalized spacial score (nSPS) is 11.7. The fourth-order valence-electron chi connectivity index (χ4n) is 1.36. The molecule has 1 amide bonds. The number of rotatable bonds is 6. The van der Waals surface area contributed by atoms with Crippen LogP contribution >= 0.6 is 11.6 Å². The smallest absolute Gasteiger partial charge is 0.261 e. The van der Waals surface area contributed by atoms with Crippen molar-refractivity contribution in [2.45, 2.75) is 19.6 Å². The minimum absolute atomic E-state index is 0.240. The number of hydrogen-bond acceptors (Lipinski definition) is 3. The van der Waals surface area contributed by atoms with Crippen LogP contribution in [0.1, 0.15) is 12.5 Å². The summed E-state index contributed by atoms with van der Waals surface area (Å²) in [5.74, 6) is 0.157. The minimum Gasteiger partial charge on any atom is -0.480 e. The number of aliphatic hydroxyl groups is 1. The van der Waals surface area contributed by atoms with Crippen LogP contribution < -0.4 is 10.1 Å². The maximum absolute atomic E-state index is 11.6. The topological polar surface area (TPSA) is 58.6 Å². The van der Waals surface area contributed by atoms with Crippen LogP contribution in [0.4, 0.5) is 0 Å². The highest BCUT2D eigenvalue weighted by Gasteiger charge is 2.16. The third-order valence-electron chi connectivity index (χ3n) is 2.33. The number of amides is 1. The SMILES string of the molecule is C=CCNC(=O)C(C)Oc1cccc(Cl)c1CO. The van der Waals surface area contributed by atoms with E-state index in [-0.39, 0.29) is 12.5 Å². The molecule has 0 aromatic heterocycles. The predicted octanol–water partition coefficient (Wildman–Crippen LogP) is 1.90. The van der Waals surface area contributed by atoms with Crippen molar-refractivity contribution in [2.24, 2.45) is 0 Å². The van der Waals surface area contributed by atoms with Gasteiger partial charge in [0, 0.05) is 17.1 Å². The van der Waals surface area contributed by atoms with Gasteiger partial charge in [0.05, 0.1) is 6.61 Å². The number of benzene rings is 1. The molecule has 1 rings (SSSR count). The van der Waals surface area contributed by atoms with Gasteiger partial charge in [0.2, 0.25) is 0 Å². The van der Waals surface area contributed by atoms with Crippen molar-refractivity contribution in [1.82, 2.24) is 5.32 Å². The van der Waals surface area contributed by atoms with Gasteiger partial charge < -0.3 is 15.2 Å². The third-order valence-corrected chi connectivity index (χ3v) is 2.68. The van der Waals surface area contributed by atoms with E-state index < -0.39 is 6.10 Å². The molecule has 0 heterocycles. The van der Waals surface area contributed by atoms with Gasteiger partial charge >= 0.3 is 0 Å². The zero-order valence-corrected chi connectivity index (χ0v) is 10.9. The van der Waals surface area contributed by atoms with E-state index in [1.54, 1.807) is 31.2 Å². The number of carbonyl (C=O) groups excluding carboxylic acids is 1. The van der Waals surface area contributed by atoms with Crippen molar-refractivity contribution in [3.8, 4) is 5.75 Å². The highest BCUT2D eigenvalue weighted by Crippen LogP contribution is 2.27. The van der Waals surface area contributed by atoms with E-state index in [1.807, 2.05) is 0 Å². The standard InChI is InChI=1S/C13H16ClNO3/c1-3-7-15-13(17)9(2)18-12-6-4-5-11(14)10(12)8-16/h3-6,9,16H,1,7-8H2,2H3,(H,15,17). The Hall–Kier alpha value is -1.52. The summed E-state index contributed by atoms with van der Waals surface area (Å²) >= 11 is 5.92. The summed E-state index contributed by atoms with van der Waals surface area (Å²) < 4.78 is 5.49. The minimum atomic E-state index is -0.672. The van der Waals surface area contributed by atoms with Gasteiger partial charge in [-0.2, -0.15) is 0 Å². The molecule has 1 aromatic carbocycles. The van der Waals surface area contributed by atoms with Crippen molar-refractivity contribution in [2.75, 3.05) is 6.54 Å². The molecule has 1 aromatic rings. The predicted molar refractivity (Wildman–Crippen MR) is 70.7 cm³/mol. The molecule has 0 radical (unpaired) electrons. The maximum atomic E-state index is 11.6. The second kappa shape index (κ2) is 7.03. The van der Waals surface area contributed by atoms with Crippen LogP contribution in [0.2, 0.25) is 5.02 Å². The lowest BCUT2D eigenvalue weighted by atomic mass is 10.2. The van der Waals surface area contributed by atoms with Crippen LogP contribution in [0.5, 0.6) is 5.75 Å². The summed E-state index contributed by atoms with van der Waals surface area (Å²) in [5.41, 5.74) is 0.475. The first-order valence-corrected chi connectivity index (χ1v) is 5.91. The molecule has 0 fully saturated rings. The lowest BCUT2D eigenvalue weighted by Crippen LogP contribution is -2.36. The maximum Gasteiger partial charge on any atom is 0.261 e. The van der Waals surface area contributed by atoms with Crippen molar-refractivity contribution in [3.05, 3.63) is 41.4 Å². The van der Waals surface area contributed by atoms with Crippen LogP contribution in [-0.2, 0) is 11.4 Å². The molecule has 0 spiro atoms. The molecule has 18 heavy (non-hydrogen) atoms. The molecule has 5 heteroatoms. The van der Waals surface area contributed by atoms with Crippen molar-refractivity contribution >= 4 is 17.5 Å². The molecule has 0 aliphatic rings. The largest absolute Gasteiger partial charge is 0.480 e. The van der Waals surface area contributed by atoms with E-state index in [1.165, 1.54) is 0 Å². The Kier molecular flexibility index (Phi) is 5.68. The van der Waals surface area contributed by atoms with Crippen LogP contribution in [0.3, 0.4) is 0 Å². The summed E-state index contributed by atoms with van der Waals surface area (Å²) in [4.78, 5) is 11.6. The molecule has 0 saturated carbocycles. The highest BCUT2D eigenvalue weighted by atomic mass is 35.5. The monoisotopic (exact) mass is 269 g/mol. The van der Waals surface area contributed by atoms with E-state index in [2.05, 4.69) is 11.9 Å². The van der Waals surface area contributed by atoms with Gasteiger partial charge in [-0.25, -0.2) is 0 Å². The number of carbonyl (C=O) groups is 1. The number of ether oxygens (including phenoxy) is 1. The average molecular weight is 270 g/mol. The Labute approximate surface area is 111 Å². The highest BCUT2D eigenvalue weighted by molar-refractivity contribution is 6.31. The van der Waals surface area contributed by atoms with Gasteiger partial charge in [0.1, 0.15) is 5.75 Å². The van der Waals surface area contributed by atoms with Crippen molar-refractivity contribution < 1.29 is 14.6 Å². The van der Waals surface area contributed by atoms with Crippen molar-refractivity contribution in [1.29, 1.82) is 0 Å². The van der Waals surface area contributed by atoms with E-state index in [0.717, 1.165) is 0 Å². The summed E-state index contributed by atoms with van der Waals surface area (Å²) in [7, 11) is 0. The molecule has 1 unspecified atom stereocenters. The van der Waals surface area contributed by atoms with Gasteiger partial charge in [0.25, 0.3) is 5.91 Å². The van der Waals surface area contributed by atoms with Gasteiger partial charge in [-0.1, -0.05) is 23.7 Å². The Balaban J connectivity index is 2.75. The summed E-state index contributed by atoms with van der Waals surface area (Å²) in [6.45, 7) is 5.28. The lowest BCUT2D eigenvalue weighted by molar-refractivity contribution is -0.127. The van der Waals surface area contributed by atoms with E-state index >= 15 is 0 Å². The molecule has 0 saturated heterocycles. The molecular weight excluding hydrogens is 254 g/mol. The number of nitrogens with one attached hydrogen (secondary N) is 1. The molecule has 2 N–H and O–H groups in total. The second-order valence-electron chi connectivity index (χ2n) is 3.67. The molecular formula is C13H16ClNO3. The molecule has 98 valence electrons. The van der Waals surface area contributed by atoms with Crippen molar-refractivity contribution in [3.63, 3.8) is 0 Å². The first kappa shape index (κ1) is 14.5. The Bertz CT molecular complexity index is 434. The molecule has 4 nitrogen and oxygen atoms in total. The van der Waals surface area contributed by atoms with E-state index in [9.17, 15) is 9.90 Å².